The number of benzene rings is 8. The third-order valence-electron chi connectivity index (χ3n) is 11.2. The summed E-state index contributed by atoms with van der Waals surface area (Å²) in [5.74, 6) is 1.86. The minimum Gasteiger partial charge on any atom is -0.456 e. The Labute approximate surface area is 326 Å². The van der Waals surface area contributed by atoms with Crippen LogP contribution in [-0.4, -0.2) is 24.1 Å². The smallest absolute Gasteiger partial charge is 0.166 e. The van der Waals surface area contributed by atoms with Crippen molar-refractivity contribution in [1.29, 1.82) is 0 Å². The molecule has 4 heterocycles. The molecule has 0 radical (unpaired) electrons. The molecule has 0 aliphatic carbocycles. The van der Waals surface area contributed by atoms with Crippen LogP contribution in [0.15, 0.2) is 192 Å². The Balaban J connectivity index is 1.13. The van der Waals surface area contributed by atoms with Gasteiger partial charge in [-0.3, -0.25) is 0 Å². The summed E-state index contributed by atoms with van der Waals surface area (Å²) in [5, 5.41) is 6.77. The third kappa shape index (κ3) is 4.87. The molecule has 57 heavy (non-hydrogen) atoms. The molecule has 0 spiro atoms. The van der Waals surface area contributed by atoms with Crippen molar-refractivity contribution in [2.24, 2.45) is 0 Å². The predicted octanol–water partition coefficient (Wildman–Crippen LogP) is 13.0. The fraction of sp³-hybridized carbons (Fsp3) is 0. The molecule has 0 amide bonds. The van der Waals surface area contributed by atoms with Crippen LogP contribution >= 0.6 is 0 Å². The first-order valence-electron chi connectivity index (χ1n) is 19.1. The highest BCUT2D eigenvalue weighted by molar-refractivity contribution is 6.19. The zero-order chi connectivity index (χ0) is 37.5. The van der Waals surface area contributed by atoms with Crippen LogP contribution in [-0.2, 0) is 0 Å². The molecule has 0 atom stereocenters. The fourth-order valence-electron chi connectivity index (χ4n) is 8.62. The van der Waals surface area contributed by atoms with E-state index in [4.69, 9.17) is 19.4 Å². The van der Waals surface area contributed by atoms with E-state index >= 15 is 0 Å². The summed E-state index contributed by atoms with van der Waals surface area (Å²) in [6.45, 7) is 0. The molecular weight excluding hydrogens is 699 g/mol. The predicted molar refractivity (Wildman–Crippen MR) is 232 cm³/mol. The van der Waals surface area contributed by atoms with Crippen molar-refractivity contribution in [3.8, 4) is 45.5 Å². The lowest BCUT2D eigenvalue weighted by Crippen LogP contribution is -2.02. The van der Waals surface area contributed by atoms with Crippen molar-refractivity contribution in [1.82, 2.24) is 24.1 Å². The Morgan fingerprint density at radius 3 is 1.56 bits per heavy atom. The van der Waals surface area contributed by atoms with Crippen molar-refractivity contribution in [3.63, 3.8) is 0 Å². The van der Waals surface area contributed by atoms with Gasteiger partial charge in [0.1, 0.15) is 11.2 Å². The monoisotopic (exact) mass is 729 g/mol. The summed E-state index contributed by atoms with van der Waals surface area (Å²) in [7, 11) is 0. The first-order valence-corrected chi connectivity index (χ1v) is 19.1. The van der Waals surface area contributed by atoms with Crippen LogP contribution < -0.4 is 0 Å². The van der Waals surface area contributed by atoms with Gasteiger partial charge in [-0.1, -0.05) is 127 Å². The summed E-state index contributed by atoms with van der Waals surface area (Å²) < 4.78 is 11.4. The average molecular weight is 730 g/mol. The highest BCUT2D eigenvalue weighted by Gasteiger charge is 2.22. The summed E-state index contributed by atoms with van der Waals surface area (Å²) in [6, 6.07) is 65.5. The minimum absolute atomic E-state index is 0.609. The fourth-order valence-corrected chi connectivity index (χ4v) is 8.62. The van der Waals surface area contributed by atoms with Gasteiger partial charge in [-0.25, -0.2) is 15.0 Å². The maximum Gasteiger partial charge on any atom is 0.166 e. The normalized spacial score (nSPS) is 11.9. The molecule has 0 bridgehead atoms. The molecule has 6 nitrogen and oxygen atoms in total. The maximum absolute atomic E-state index is 6.66. The van der Waals surface area contributed by atoms with E-state index in [0.29, 0.717) is 17.5 Å². The van der Waals surface area contributed by atoms with E-state index in [9.17, 15) is 0 Å². The number of aromatic nitrogens is 5. The van der Waals surface area contributed by atoms with Crippen LogP contribution in [0.4, 0.5) is 0 Å². The first kappa shape index (κ1) is 31.5. The SMILES string of the molecule is c1ccc(-c2nc(-c3ccccc3)nc(-c3cccc4c5cc6oc7ccc(-n8c9ccccc9c9ccccc98)cc7c6cc5n(-c5ccccc5)c34)n2)cc1. The number of fused-ring (bicyclic) bond motifs is 9. The molecular formula is C51H31N5O. The summed E-state index contributed by atoms with van der Waals surface area (Å²) in [6.07, 6.45) is 0. The molecule has 0 N–H and O–H groups in total. The number of furan rings is 1. The van der Waals surface area contributed by atoms with Gasteiger partial charge >= 0.3 is 0 Å². The molecule has 8 aromatic carbocycles. The molecule has 0 unspecified atom stereocenters. The Morgan fingerprint density at radius 1 is 0.333 bits per heavy atom. The van der Waals surface area contributed by atoms with E-state index in [1.165, 1.54) is 21.8 Å². The zero-order valence-corrected chi connectivity index (χ0v) is 30.5. The molecule has 12 aromatic rings. The number of rotatable bonds is 5. The van der Waals surface area contributed by atoms with Crippen LogP contribution in [0.2, 0.25) is 0 Å². The van der Waals surface area contributed by atoms with Gasteiger partial charge in [0.05, 0.1) is 22.1 Å². The van der Waals surface area contributed by atoms with Crippen LogP contribution in [0, 0.1) is 0 Å². The van der Waals surface area contributed by atoms with E-state index in [1.54, 1.807) is 0 Å². The number of nitrogens with zero attached hydrogens (tertiary/aromatic N) is 5. The van der Waals surface area contributed by atoms with Gasteiger partial charge in [0, 0.05) is 60.4 Å². The Bertz CT molecular complexity index is 3400. The van der Waals surface area contributed by atoms with Crippen molar-refractivity contribution in [2.45, 2.75) is 0 Å². The second-order valence-electron chi connectivity index (χ2n) is 14.4. The van der Waals surface area contributed by atoms with Gasteiger partial charge < -0.3 is 13.6 Å². The number of hydrogen-bond donors (Lipinski definition) is 0. The van der Waals surface area contributed by atoms with E-state index in [-0.39, 0.29) is 0 Å². The van der Waals surface area contributed by atoms with Crippen molar-refractivity contribution in [3.05, 3.63) is 188 Å². The molecule has 0 aliphatic heterocycles. The second kappa shape index (κ2) is 12.3. The van der Waals surface area contributed by atoms with Crippen LogP contribution in [0.25, 0.3) is 111 Å². The molecule has 12 rings (SSSR count). The van der Waals surface area contributed by atoms with Gasteiger partial charge in [-0.2, -0.15) is 0 Å². The molecule has 0 saturated heterocycles. The summed E-state index contributed by atoms with van der Waals surface area (Å²) in [4.78, 5) is 15.3. The molecule has 4 aromatic heterocycles. The first-order chi connectivity index (χ1) is 28.3. The summed E-state index contributed by atoms with van der Waals surface area (Å²) >= 11 is 0. The van der Waals surface area contributed by atoms with Crippen molar-refractivity contribution < 1.29 is 4.42 Å². The largest absolute Gasteiger partial charge is 0.456 e. The van der Waals surface area contributed by atoms with Crippen LogP contribution in [0.3, 0.4) is 0 Å². The highest BCUT2D eigenvalue weighted by Crippen LogP contribution is 2.42. The van der Waals surface area contributed by atoms with Gasteiger partial charge in [-0.05, 0) is 60.7 Å². The average Bonchev–Trinajstić information content (AvgIpc) is 3.93. The molecule has 0 fully saturated rings. The van der Waals surface area contributed by atoms with E-state index in [1.807, 2.05) is 60.7 Å². The number of hydrogen-bond acceptors (Lipinski definition) is 4. The van der Waals surface area contributed by atoms with E-state index in [0.717, 1.165) is 71.8 Å². The molecule has 6 heteroatoms. The van der Waals surface area contributed by atoms with Crippen molar-refractivity contribution >= 4 is 65.6 Å². The zero-order valence-electron chi connectivity index (χ0n) is 30.5. The highest BCUT2D eigenvalue weighted by atomic mass is 16.3. The third-order valence-corrected chi connectivity index (χ3v) is 11.2. The van der Waals surface area contributed by atoms with Gasteiger partial charge in [0.2, 0.25) is 0 Å². The minimum atomic E-state index is 0.609. The lowest BCUT2D eigenvalue weighted by molar-refractivity contribution is 0.669. The molecule has 0 saturated carbocycles. The lowest BCUT2D eigenvalue weighted by atomic mass is 10.1. The van der Waals surface area contributed by atoms with Crippen LogP contribution in [0.1, 0.15) is 0 Å². The summed E-state index contributed by atoms with van der Waals surface area (Å²) in [5.41, 5.74) is 11.0. The Morgan fingerprint density at radius 2 is 0.895 bits per heavy atom. The lowest BCUT2D eigenvalue weighted by Gasteiger charge is -2.12. The van der Waals surface area contributed by atoms with Crippen molar-refractivity contribution in [2.75, 3.05) is 0 Å². The standard InChI is InChI=1S/C51H31N5O/c1-4-15-32(16-5-1)49-52-50(33-17-6-2-7-18-33)54-51(53-49)39-24-14-23-38-40-31-47-42(30-45(40)56(48(38)39)34-19-8-3-9-20-34)41-29-35(27-28-46(41)57-47)55-43-25-12-10-21-36(43)37-22-11-13-26-44(37)55/h1-31H. The quantitative estimate of drug-likeness (QED) is 0.177. The van der Waals surface area contributed by atoms with Crippen LogP contribution in [0.5, 0.6) is 0 Å². The van der Waals surface area contributed by atoms with Gasteiger partial charge in [0.25, 0.3) is 0 Å². The van der Waals surface area contributed by atoms with E-state index in [2.05, 4.69) is 137 Å². The maximum atomic E-state index is 6.66. The van der Waals surface area contributed by atoms with Gasteiger partial charge in [0.15, 0.2) is 17.5 Å². The second-order valence-corrected chi connectivity index (χ2v) is 14.4. The molecule has 266 valence electrons. The van der Waals surface area contributed by atoms with Gasteiger partial charge in [-0.15, -0.1) is 0 Å². The number of para-hydroxylation sites is 4. The topological polar surface area (TPSA) is 61.7 Å². The Hall–Kier alpha value is -7.83. The molecule has 0 aliphatic rings. The Kier molecular flexibility index (Phi) is 6.83. The van der Waals surface area contributed by atoms with E-state index < -0.39 is 0 Å².